The normalized spacial score (nSPS) is 15.6. The summed E-state index contributed by atoms with van der Waals surface area (Å²) in [6, 6.07) is 17.7. The van der Waals surface area contributed by atoms with Crippen LogP contribution in [-0.4, -0.2) is 67.4 Å². The number of carboxylic acids is 2. The first-order valence-corrected chi connectivity index (χ1v) is 13.4. The molecule has 2 aromatic carbocycles. The molecule has 1 fully saturated rings. The lowest BCUT2D eigenvalue weighted by Crippen LogP contribution is -2.52. The van der Waals surface area contributed by atoms with E-state index in [0.29, 0.717) is 25.5 Å². The van der Waals surface area contributed by atoms with Gasteiger partial charge in [0, 0.05) is 31.4 Å². The number of carbonyl (C=O) groups is 2. The summed E-state index contributed by atoms with van der Waals surface area (Å²) < 4.78 is 59.4. The number of aryl methyl sites for hydroxylation is 1. The van der Waals surface area contributed by atoms with E-state index in [1.807, 2.05) is 11.0 Å². The second-order valence-corrected chi connectivity index (χ2v) is 10.6. The predicted octanol–water partition coefficient (Wildman–Crippen LogP) is 4.24. The third kappa shape index (κ3) is 7.62. The number of benzene rings is 2. The van der Waals surface area contributed by atoms with Gasteiger partial charge in [0.25, 0.3) is 10.0 Å². The standard InChI is InChI=1S/C24H26N4O4S.C2HF3O2/c1-17-7-6-8-20(13-17)28-12-11-27(16-18(28)2)23-22(24(29)30)14-19(15-25-23)26-33(31,32)21-9-4-3-5-10-21;3-2(4,5)1(6)7/h3-10,13-15,18,26H,11-12,16H2,1-2H3,(H,29,30);(H,6,7). The molecule has 40 heavy (non-hydrogen) atoms. The van der Waals surface area contributed by atoms with Crippen LogP contribution in [-0.2, 0) is 14.8 Å². The van der Waals surface area contributed by atoms with Gasteiger partial charge in [0.15, 0.2) is 0 Å². The molecule has 0 amide bonds. The number of pyridine rings is 1. The number of nitrogens with zero attached hydrogens (tertiary/aromatic N) is 3. The van der Waals surface area contributed by atoms with Gasteiger partial charge in [-0.2, -0.15) is 13.2 Å². The Labute approximate surface area is 228 Å². The zero-order valence-corrected chi connectivity index (χ0v) is 22.3. The Morgan fingerprint density at radius 3 is 2.23 bits per heavy atom. The van der Waals surface area contributed by atoms with Crippen LogP contribution >= 0.6 is 0 Å². The molecule has 1 saturated heterocycles. The minimum atomic E-state index is -5.08. The first kappa shape index (κ1) is 30.2. The minimum Gasteiger partial charge on any atom is -0.478 e. The predicted molar refractivity (Wildman–Crippen MR) is 142 cm³/mol. The number of anilines is 3. The lowest BCUT2D eigenvalue weighted by atomic mass is 10.1. The summed E-state index contributed by atoms with van der Waals surface area (Å²) in [5.41, 5.74) is 2.38. The van der Waals surface area contributed by atoms with Crippen molar-refractivity contribution in [1.29, 1.82) is 0 Å². The van der Waals surface area contributed by atoms with Crippen molar-refractivity contribution >= 4 is 39.2 Å². The van der Waals surface area contributed by atoms with Crippen molar-refractivity contribution in [1.82, 2.24) is 4.98 Å². The van der Waals surface area contributed by atoms with Gasteiger partial charge in [-0.15, -0.1) is 0 Å². The second kappa shape index (κ2) is 12.2. The molecule has 1 aromatic heterocycles. The van der Waals surface area contributed by atoms with Crippen LogP contribution in [0.3, 0.4) is 0 Å². The van der Waals surface area contributed by atoms with Gasteiger partial charge in [-0.3, -0.25) is 4.72 Å². The molecule has 1 unspecified atom stereocenters. The first-order valence-electron chi connectivity index (χ1n) is 11.9. The molecule has 0 spiro atoms. The van der Waals surface area contributed by atoms with E-state index in [4.69, 9.17) is 9.90 Å². The Balaban J connectivity index is 0.000000559. The van der Waals surface area contributed by atoms with Gasteiger partial charge >= 0.3 is 18.1 Å². The highest BCUT2D eigenvalue weighted by Gasteiger charge is 2.38. The van der Waals surface area contributed by atoms with Crippen molar-refractivity contribution in [3.05, 3.63) is 78.0 Å². The molecular weight excluding hydrogens is 553 g/mol. The van der Waals surface area contributed by atoms with E-state index in [2.05, 4.69) is 46.7 Å². The fourth-order valence-corrected chi connectivity index (χ4v) is 5.13. The Morgan fingerprint density at radius 2 is 1.68 bits per heavy atom. The summed E-state index contributed by atoms with van der Waals surface area (Å²) in [7, 11) is -3.85. The number of halogens is 3. The van der Waals surface area contributed by atoms with E-state index in [1.165, 1.54) is 30.0 Å². The summed E-state index contributed by atoms with van der Waals surface area (Å²) in [4.78, 5) is 29.6. The maximum Gasteiger partial charge on any atom is 0.490 e. The molecule has 0 radical (unpaired) electrons. The van der Waals surface area contributed by atoms with Crippen LogP contribution in [0.25, 0.3) is 0 Å². The number of piperazine rings is 1. The molecule has 3 N–H and O–H groups in total. The number of aliphatic carboxylic acids is 1. The molecule has 0 aliphatic carbocycles. The molecule has 1 aliphatic heterocycles. The highest BCUT2D eigenvalue weighted by molar-refractivity contribution is 7.92. The highest BCUT2D eigenvalue weighted by Crippen LogP contribution is 2.28. The van der Waals surface area contributed by atoms with Crippen molar-refractivity contribution in [3.8, 4) is 0 Å². The topological polar surface area (TPSA) is 140 Å². The summed E-state index contributed by atoms with van der Waals surface area (Å²) in [5.74, 6) is -3.58. The van der Waals surface area contributed by atoms with Gasteiger partial charge < -0.3 is 20.0 Å². The fraction of sp³-hybridized carbons (Fsp3) is 0.269. The number of aromatic carboxylic acids is 1. The Hall–Kier alpha value is -4.33. The zero-order chi connectivity index (χ0) is 29.7. The second-order valence-electron chi connectivity index (χ2n) is 8.95. The maximum atomic E-state index is 12.6. The molecule has 14 heteroatoms. The number of nitrogens with one attached hydrogen (secondary N) is 1. The van der Waals surface area contributed by atoms with Gasteiger partial charge in [0.1, 0.15) is 11.4 Å². The zero-order valence-electron chi connectivity index (χ0n) is 21.5. The first-order chi connectivity index (χ1) is 18.7. The van der Waals surface area contributed by atoms with E-state index in [9.17, 15) is 31.5 Å². The summed E-state index contributed by atoms with van der Waals surface area (Å²) in [6.07, 6.45) is -3.72. The molecule has 10 nitrogen and oxygen atoms in total. The Morgan fingerprint density at radius 1 is 1.02 bits per heavy atom. The van der Waals surface area contributed by atoms with Gasteiger partial charge in [-0.05, 0) is 49.7 Å². The van der Waals surface area contributed by atoms with E-state index >= 15 is 0 Å². The molecule has 4 rings (SSSR count). The Kier molecular flexibility index (Phi) is 9.24. The van der Waals surface area contributed by atoms with Crippen molar-refractivity contribution in [2.24, 2.45) is 0 Å². The molecule has 3 aromatic rings. The monoisotopic (exact) mass is 580 g/mol. The molecule has 2 heterocycles. The number of hydrogen-bond acceptors (Lipinski definition) is 7. The minimum absolute atomic E-state index is 0.0422. The number of carboxylic acid groups (broad SMARTS) is 2. The molecular formula is C26H27F3N4O6S. The average molecular weight is 581 g/mol. The lowest BCUT2D eigenvalue weighted by molar-refractivity contribution is -0.192. The van der Waals surface area contributed by atoms with Crippen LogP contribution < -0.4 is 14.5 Å². The summed E-state index contributed by atoms with van der Waals surface area (Å²) in [5, 5.41) is 16.9. The van der Waals surface area contributed by atoms with Crippen LogP contribution in [0.4, 0.5) is 30.4 Å². The van der Waals surface area contributed by atoms with Crippen LogP contribution in [0.2, 0.25) is 0 Å². The summed E-state index contributed by atoms with van der Waals surface area (Å²) >= 11 is 0. The van der Waals surface area contributed by atoms with Crippen molar-refractivity contribution in [2.75, 3.05) is 34.2 Å². The molecule has 214 valence electrons. The Bertz CT molecular complexity index is 1470. The van der Waals surface area contributed by atoms with Crippen LogP contribution in [0.1, 0.15) is 22.8 Å². The van der Waals surface area contributed by atoms with E-state index in [0.717, 1.165) is 5.69 Å². The number of rotatable bonds is 6. The van der Waals surface area contributed by atoms with Crippen molar-refractivity contribution in [3.63, 3.8) is 0 Å². The SMILES string of the molecule is Cc1cccc(N2CCN(c3ncc(NS(=O)(=O)c4ccccc4)cc3C(=O)O)CC2C)c1.O=C(O)C(F)(F)F. The average Bonchev–Trinajstić information content (AvgIpc) is 2.88. The number of sulfonamides is 1. The summed E-state index contributed by atoms with van der Waals surface area (Å²) in [6.45, 7) is 6.06. The number of alkyl halides is 3. The van der Waals surface area contributed by atoms with Crippen molar-refractivity contribution < 1.29 is 41.4 Å². The number of aromatic nitrogens is 1. The molecule has 0 saturated carbocycles. The maximum absolute atomic E-state index is 12.6. The highest BCUT2D eigenvalue weighted by atomic mass is 32.2. The third-order valence-electron chi connectivity index (χ3n) is 5.91. The largest absolute Gasteiger partial charge is 0.490 e. The van der Waals surface area contributed by atoms with Gasteiger partial charge in [0.2, 0.25) is 0 Å². The van der Waals surface area contributed by atoms with Gasteiger partial charge in [-0.1, -0.05) is 30.3 Å². The van der Waals surface area contributed by atoms with Gasteiger partial charge in [0.05, 0.1) is 16.8 Å². The third-order valence-corrected chi connectivity index (χ3v) is 7.30. The van der Waals surface area contributed by atoms with E-state index < -0.39 is 28.1 Å². The van der Waals surface area contributed by atoms with Crippen LogP contribution in [0.5, 0.6) is 0 Å². The quantitative estimate of drug-likeness (QED) is 0.391. The fourth-order valence-electron chi connectivity index (χ4n) is 4.08. The molecule has 1 aliphatic rings. The van der Waals surface area contributed by atoms with Crippen molar-refractivity contribution in [2.45, 2.75) is 31.0 Å². The molecule has 0 bridgehead atoms. The van der Waals surface area contributed by atoms with E-state index in [1.54, 1.807) is 18.2 Å². The lowest BCUT2D eigenvalue weighted by Gasteiger charge is -2.42. The van der Waals surface area contributed by atoms with Crippen LogP contribution in [0.15, 0.2) is 71.8 Å². The molecule has 1 atom stereocenters. The smallest absolute Gasteiger partial charge is 0.478 e. The number of hydrogen-bond donors (Lipinski definition) is 3. The van der Waals surface area contributed by atoms with Gasteiger partial charge in [-0.25, -0.2) is 23.0 Å². The van der Waals surface area contributed by atoms with E-state index in [-0.39, 0.29) is 22.2 Å². The van der Waals surface area contributed by atoms with Crippen LogP contribution in [0, 0.1) is 6.92 Å².